The molecule has 0 aromatic rings. The number of esters is 1. The smallest absolute Gasteiger partial charge is 0.333 e. The Kier molecular flexibility index (Phi) is 5.83. The van der Waals surface area contributed by atoms with E-state index in [1.165, 1.54) is 0 Å². The molecule has 0 aromatic carbocycles. The second-order valence-corrected chi connectivity index (χ2v) is 7.82. The van der Waals surface area contributed by atoms with Gasteiger partial charge in [0.05, 0.1) is 12.9 Å². The molecule has 1 heterocycles. The fourth-order valence-corrected chi connectivity index (χ4v) is 3.38. The summed E-state index contributed by atoms with van der Waals surface area (Å²) in [5, 5.41) is 0. The summed E-state index contributed by atoms with van der Waals surface area (Å²) in [4.78, 5) is 12.0. The maximum atomic E-state index is 12.0. The van der Waals surface area contributed by atoms with Crippen LogP contribution in [0.5, 0.6) is 0 Å². The molecule has 4 unspecified atom stereocenters. The lowest BCUT2D eigenvalue weighted by Crippen LogP contribution is -2.42. The van der Waals surface area contributed by atoms with Gasteiger partial charge in [-0.1, -0.05) is 13.8 Å². The van der Waals surface area contributed by atoms with Crippen molar-refractivity contribution in [2.24, 2.45) is 5.92 Å². The minimum absolute atomic E-state index is 0.116. The Morgan fingerprint density at radius 1 is 1.39 bits per heavy atom. The summed E-state index contributed by atoms with van der Waals surface area (Å²) in [6.07, 6.45) is 1.14. The molecule has 23 heavy (non-hydrogen) atoms. The van der Waals surface area contributed by atoms with Crippen LogP contribution in [0, 0.1) is 5.92 Å². The first-order valence-electron chi connectivity index (χ1n) is 7.76. The monoisotopic (exact) mass is 348 g/mol. The van der Waals surface area contributed by atoms with Gasteiger partial charge in [0.2, 0.25) is 0 Å². The molecule has 2 rings (SSSR count). The summed E-state index contributed by atoms with van der Waals surface area (Å²) >= 11 is 0. The topological polar surface area (TPSA) is 88.1 Å². The van der Waals surface area contributed by atoms with Gasteiger partial charge < -0.3 is 14.2 Å². The van der Waals surface area contributed by atoms with Gasteiger partial charge >= 0.3 is 5.97 Å². The molecule has 0 aromatic heterocycles. The first-order chi connectivity index (χ1) is 10.7. The second-order valence-electron chi connectivity index (χ2n) is 6.22. The third kappa shape index (κ3) is 5.00. The predicted octanol–water partition coefficient (Wildman–Crippen LogP) is 1.38. The Morgan fingerprint density at radius 3 is 2.65 bits per heavy atom. The summed E-state index contributed by atoms with van der Waals surface area (Å²) in [7, 11) is -3.68. The van der Waals surface area contributed by atoms with E-state index in [1.807, 2.05) is 13.8 Å². The Hall–Kier alpha value is -0.960. The Balaban J connectivity index is 2.20. The highest BCUT2D eigenvalue weighted by atomic mass is 32.2. The Bertz CT molecular complexity index is 566. The lowest BCUT2D eigenvalue weighted by molar-refractivity contribution is -0.139. The third-order valence-corrected chi connectivity index (χ3v) is 4.19. The van der Waals surface area contributed by atoms with Gasteiger partial charge in [-0.05, 0) is 18.9 Å². The van der Waals surface area contributed by atoms with E-state index >= 15 is 0 Å². The van der Waals surface area contributed by atoms with Crippen LogP contribution in [0.3, 0.4) is 0 Å². The van der Waals surface area contributed by atoms with E-state index in [0.29, 0.717) is 17.9 Å². The molecule has 0 bridgehead atoms. The largest absolute Gasteiger partial charge is 0.463 e. The number of ether oxygens (including phenoxy) is 3. The van der Waals surface area contributed by atoms with E-state index in [4.69, 9.17) is 18.4 Å². The number of rotatable bonds is 6. The predicted molar refractivity (Wildman–Crippen MR) is 82.0 cm³/mol. The van der Waals surface area contributed by atoms with Crippen LogP contribution >= 0.6 is 0 Å². The molecule has 8 heteroatoms. The third-order valence-electron chi connectivity index (χ3n) is 3.59. The maximum Gasteiger partial charge on any atom is 0.333 e. The lowest BCUT2D eigenvalue weighted by atomic mass is 9.92. The molecule has 0 amide bonds. The molecular weight excluding hydrogens is 324 g/mol. The van der Waals surface area contributed by atoms with Gasteiger partial charge in [-0.2, -0.15) is 8.42 Å². The fourth-order valence-electron chi connectivity index (χ4n) is 2.75. The van der Waals surface area contributed by atoms with Crippen molar-refractivity contribution in [3.05, 3.63) is 11.6 Å². The molecule has 132 valence electrons. The van der Waals surface area contributed by atoms with Crippen LogP contribution in [0.4, 0.5) is 0 Å². The van der Waals surface area contributed by atoms with Crippen LogP contribution in [0.25, 0.3) is 0 Å². The second kappa shape index (κ2) is 7.29. The first kappa shape index (κ1) is 18.4. The summed E-state index contributed by atoms with van der Waals surface area (Å²) in [5.41, 5.74) is 0.357. The standard InChI is InChI=1S/C15H24O7S/c1-5-19-15(16)10-7-11-14(12(8-10)22-23(4,17)18)21-13(20-11)6-9(2)3/h7,9,11-14H,5-6,8H2,1-4H3. The molecule has 0 N–H and O–H groups in total. The van der Waals surface area contributed by atoms with Crippen molar-refractivity contribution in [1.82, 2.24) is 0 Å². The molecule has 1 saturated heterocycles. The van der Waals surface area contributed by atoms with Crippen molar-refractivity contribution in [2.75, 3.05) is 12.9 Å². The molecule has 2 aliphatic rings. The molecule has 0 saturated carbocycles. The lowest BCUT2D eigenvalue weighted by Gasteiger charge is -2.29. The SMILES string of the molecule is CCOC(=O)C1=CC2OC(CC(C)C)OC2C(OS(C)(=O)=O)C1. The number of hydrogen-bond acceptors (Lipinski definition) is 7. The first-order valence-corrected chi connectivity index (χ1v) is 9.58. The highest BCUT2D eigenvalue weighted by molar-refractivity contribution is 7.86. The van der Waals surface area contributed by atoms with Crippen molar-refractivity contribution in [3.63, 3.8) is 0 Å². The zero-order valence-electron chi connectivity index (χ0n) is 13.9. The number of fused-ring (bicyclic) bond motifs is 1. The van der Waals surface area contributed by atoms with Crippen LogP contribution in [0.15, 0.2) is 11.6 Å². The summed E-state index contributed by atoms with van der Waals surface area (Å²) in [5.74, 6) is -0.119. The normalized spacial score (nSPS) is 30.9. The molecule has 0 spiro atoms. The zero-order valence-corrected chi connectivity index (χ0v) is 14.7. The average Bonchev–Trinajstić information content (AvgIpc) is 2.78. The maximum absolute atomic E-state index is 12.0. The molecular formula is C15H24O7S. The van der Waals surface area contributed by atoms with E-state index < -0.39 is 40.7 Å². The fraction of sp³-hybridized carbons (Fsp3) is 0.800. The number of carbonyl (C=O) groups is 1. The van der Waals surface area contributed by atoms with Crippen LogP contribution < -0.4 is 0 Å². The quantitative estimate of drug-likeness (QED) is 0.529. The molecule has 1 aliphatic carbocycles. The highest BCUT2D eigenvalue weighted by Crippen LogP contribution is 2.35. The Labute approximate surface area is 137 Å². The molecule has 0 radical (unpaired) electrons. The molecule has 4 atom stereocenters. The van der Waals surface area contributed by atoms with Gasteiger partial charge in [0.1, 0.15) is 18.3 Å². The summed E-state index contributed by atoms with van der Waals surface area (Å²) < 4.78 is 44.7. The van der Waals surface area contributed by atoms with E-state index in [2.05, 4.69) is 0 Å². The van der Waals surface area contributed by atoms with E-state index in [-0.39, 0.29) is 13.0 Å². The summed E-state index contributed by atoms with van der Waals surface area (Å²) in [6.45, 7) is 6.04. The highest BCUT2D eigenvalue weighted by Gasteiger charge is 2.46. The zero-order chi connectivity index (χ0) is 17.2. The number of carbonyl (C=O) groups excluding carboxylic acids is 1. The minimum atomic E-state index is -3.68. The van der Waals surface area contributed by atoms with E-state index in [1.54, 1.807) is 13.0 Å². The van der Waals surface area contributed by atoms with Crippen LogP contribution in [-0.2, 0) is 33.3 Å². The van der Waals surface area contributed by atoms with Crippen LogP contribution in [0.2, 0.25) is 0 Å². The van der Waals surface area contributed by atoms with Gasteiger partial charge in [-0.25, -0.2) is 4.79 Å². The van der Waals surface area contributed by atoms with Crippen molar-refractivity contribution in [2.45, 2.75) is 58.2 Å². The Morgan fingerprint density at radius 2 is 2.09 bits per heavy atom. The van der Waals surface area contributed by atoms with E-state index in [9.17, 15) is 13.2 Å². The molecule has 7 nitrogen and oxygen atoms in total. The van der Waals surface area contributed by atoms with Gasteiger partial charge in [0.25, 0.3) is 10.1 Å². The number of hydrogen-bond donors (Lipinski definition) is 0. The summed E-state index contributed by atoms with van der Waals surface area (Å²) in [6, 6.07) is 0. The molecule has 1 aliphatic heterocycles. The van der Waals surface area contributed by atoms with Crippen LogP contribution in [-0.4, -0.2) is 51.9 Å². The van der Waals surface area contributed by atoms with Gasteiger partial charge in [0, 0.05) is 18.4 Å². The van der Waals surface area contributed by atoms with Crippen molar-refractivity contribution in [1.29, 1.82) is 0 Å². The minimum Gasteiger partial charge on any atom is -0.463 e. The molecule has 1 fully saturated rings. The van der Waals surface area contributed by atoms with Crippen molar-refractivity contribution in [3.8, 4) is 0 Å². The average molecular weight is 348 g/mol. The van der Waals surface area contributed by atoms with Gasteiger partial charge in [-0.15, -0.1) is 0 Å². The van der Waals surface area contributed by atoms with Crippen molar-refractivity contribution >= 4 is 16.1 Å². The van der Waals surface area contributed by atoms with Gasteiger partial charge in [-0.3, -0.25) is 4.18 Å². The van der Waals surface area contributed by atoms with E-state index in [0.717, 1.165) is 6.26 Å². The van der Waals surface area contributed by atoms with Gasteiger partial charge in [0.15, 0.2) is 6.29 Å². The van der Waals surface area contributed by atoms with Crippen LogP contribution in [0.1, 0.15) is 33.6 Å². The van der Waals surface area contributed by atoms with Crippen molar-refractivity contribution < 1.29 is 31.6 Å².